The molecule has 3 rings (SSSR count). The van der Waals surface area contributed by atoms with Crippen LogP contribution in [0.1, 0.15) is 48.9 Å². The number of benzene rings is 1. The molecule has 1 heterocycles. The fourth-order valence-electron chi connectivity index (χ4n) is 3.53. The normalized spacial score (nSPS) is 25.0. The minimum atomic E-state index is -0.411. The number of ketones is 1. The van der Waals surface area contributed by atoms with Gasteiger partial charge >= 0.3 is 0 Å². The lowest BCUT2D eigenvalue weighted by molar-refractivity contribution is -0.0866. The molecular formula is C16H18ClFO2. The Morgan fingerprint density at radius 1 is 1.35 bits per heavy atom. The summed E-state index contributed by atoms with van der Waals surface area (Å²) in [6.07, 6.45) is 5.96. The fraction of sp³-hybridized carbons (Fsp3) is 0.562. The lowest BCUT2D eigenvalue weighted by Gasteiger charge is -2.37. The number of ether oxygens (including phenoxy) is 1. The second-order valence-corrected chi connectivity index (χ2v) is 6.32. The van der Waals surface area contributed by atoms with Crippen molar-refractivity contribution in [3.05, 3.63) is 34.6 Å². The summed E-state index contributed by atoms with van der Waals surface area (Å²) in [5, 5.41) is 0.210. The number of halogens is 2. The van der Waals surface area contributed by atoms with Gasteiger partial charge in [-0.05, 0) is 43.9 Å². The van der Waals surface area contributed by atoms with E-state index in [1.165, 1.54) is 31.0 Å². The van der Waals surface area contributed by atoms with E-state index in [9.17, 15) is 9.18 Å². The van der Waals surface area contributed by atoms with Gasteiger partial charge in [-0.1, -0.05) is 24.4 Å². The first-order valence-electron chi connectivity index (χ1n) is 7.23. The lowest BCUT2D eigenvalue weighted by atomic mass is 9.80. The highest BCUT2D eigenvalue weighted by Crippen LogP contribution is 2.43. The van der Waals surface area contributed by atoms with E-state index in [0.717, 1.165) is 25.7 Å². The molecule has 1 aliphatic carbocycles. The van der Waals surface area contributed by atoms with Gasteiger partial charge in [0.15, 0.2) is 5.78 Å². The predicted octanol–water partition coefficient (Wildman–Crippen LogP) is 4.40. The maximum absolute atomic E-state index is 13.1. The molecule has 1 aromatic rings. The molecule has 0 aromatic heterocycles. The highest BCUT2D eigenvalue weighted by Gasteiger charge is 2.42. The molecule has 4 heteroatoms. The van der Waals surface area contributed by atoms with Gasteiger partial charge in [0.2, 0.25) is 0 Å². The molecule has 1 spiro atoms. The maximum Gasteiger partial charge on any atom is 0.167 e. The van der Waals surface area contributed by atoms with Gasteiger partial charge in [-0.3, -0.25) is 4.79 Å². The minimum Gasteiger partial charge on any atom is -0.375 e. The van der Waals surface area contributed by atoms with E-state index in [0.29, 0.717) is 12.2 Å². The third-order valence-corrected chi connectivity index (χ3v) is 4.89. The first-order chi connectivity index (χ1) is 9.60. The summed E-state index contributed by atoms with van der Waals surface area (Å²) in [4.78, 5) is 12.6. The molecular weight excluding hydrogens is 279 g/mol. The van der Waals surface area contributed by atoms with Gasteiger partial charge in [0, 0.05) is 18.1 Å². The molecule has 1 saturated carbocycles. The average molecular weight is 297 g/mol. The van der Waals surface area contributed by atoms with E-state index in [4.69, 9.17) is 16.3 Å². The Hall–Kier alpha value is -0.930. The molecule has 2 fully saturated rings. The Bertz CT molecular complexity index is 523. The van der Waals surface area contributed by atoms with Crippen molar-refractivity contribution in [1.82, 2.24) is 0 Å². The maximum atomic E-state index is 13.1. The highest BCUT2D eigenvalue weighted by molar-refractivity contribution is 6.34. The van der Waals surface area contributed by atoms with Gasteiger partial charge in [0.05, 0.1) is 10.6 Å². The van der Waals surface area contributed by atoms with Crippen LogP contribution in [0.2, 0.25) is 5.02 Å². The SMILES string of the molecule is O=C(c1ccc(F)cc1Cl)C1CCOC2(CCCC2)C1. The highest BCUT2D eigenvalue weighted by atomic mass is 35.5. The van der Waals surface area contributed by atoms with Crippen LogP contribution in [0.5, 0.6) is 0 Å². The molecule has 1 atom stereocenters. The molecule has 0 bridgehead atoms. The number of rotatable bonds is 2. The zero-order valence-corrected chi connectivity index (χ0v) is 12.1. The quantitative estimate of drug-likeness (QED) is 0.756. The standard InChI is InChI=1S/C16H18ClFO2/c17-14-9-12(18)3-4-13(14)15(19)11-5-8-20-16(10-11)6-1-2-7-16/h3-4,9,11H,1-2,5-8,10H2. The van der Waals surface area contributed by atoms with Crippen LogP contribution in [0.25, 0.3) is 0 Å². The van der Waals surface area contributed by atoms with Gasteiger partial charge in [0.25, 0.3) is 0 Å². The summed E-state index contributed by atoms with van der Waals surface area (Å²) < 4.78 is 19.0. The molecule has 1 aromatic carbocycles. The molecule has 2 nitrogen and oxygen atoms in total. The molecule has 1 unspecified atom stereocenters. The summed E-state index contributed by atoms with van der Waals surface area (Å²) >= 11 is 6.00. The molecule has 20 heavy (non-hydrogen) atoms. The third kappa shape index (κ3) is 2.61. The molecule has 108 valence electrons. The minimum absolute atomic E-state index is 0.0320. The average Bonchev–Trinajstić information content (AvgIpc) is 2.86. The molecule has 1 aliphatic heterocycles. The van der Waals surface area contributed by atoms with Gasteiger partial charge in [-0.2, -0.15) is 0 Å². The zero-order valence-electron chi connectivity index (χ0n) is 11.3. The van der Waals surface area contributed by atoms with Crippen molar-refractivity contribution < 1.29 is 13.9 Å². The fourth-order valence-corrected chi connectivity index (χ4v) is 3.79. The number of hydrogen-bond donors (Lipinski definition) is 0. The Morgan fingerprint density at radius 3 is 2.80 bits per heavy atom. The topological polar surface area (TPSA) is 26.3 Å². The molecule has 0 N–H and O–H groups in total. The summed E-state index contributed by atoms with van der Waals surface area (Å²) in [7, 11) is 0. The number of hydrogen-bond acceptors (Lipinski definition) is 2. The van der Waals surface area contributed by atoms with Crippen molar-refractivity contribution in [2.24, 2.45) is 5.92 Å². The number of Topliss-reactive ketones (excluding diaryl/α,β-unsaturated/α-hetero) is 1. The summed E-state index contributed by atoms with van der Waals surface area (Å²) in [6.45, 7) is 0.634. The van der Waals surface area contributed by atoms with Crippen molar-refractivity contribution in [1.29, 1.82) is 0 Å². The van der Waals surface area contributed by atoms with Crippen LogP contribution in [0.4, 0.5) is 4.39 Å². The Kier molecular flexibility index (Phi) is 3.83. The molecule has 1 saturated heterocycles. The van der Waals surface area contributed by atoms with E-state index in [-0.39, 0.29) is 22.3 Å². The van der Waals surface area contributed by atoms with Crippen molar-refractivity contribution in [3.8, 4) is 0 Å². The van der Waals surface area contributed by atoms with Crippen LogP contribution in [0.15, 0.2) is 18.2 Å². The zero-order chi connectivity index (χ0) is 14.2. The number of carbonyl (C=O) groups is 1. The smallest absolute Gasteiger partial charge is 0.167 e. The van der Waals surface area contributed by atoms with Gasteiger partial charge < -0.3 is 4.74 Å². The first-order valence-corrected chi connectivity index (χ1v) is 7.61. The van der Waals surface area contributed by atoms with Crippen LogP contribution >= 0.6 is 11.6 Å². The van der Waals surface area contributed by atoms with E-state index in [1.807, 2.05) is 0 Å². The number of carbonyl (C=O) groups excluding carboxylic acids is 1. The van der Waals surface area contributed by atoms with E-state index in [1.54, 1.807) is 0 Å². The first kappa shape index (κ1) is 14.0. The monoisotopic (exact) mass is 296 g/mol. The predicted molar refractivity (Wildman–Crippen MR) is 75.6 cm³/mol. The summed E-state index contributed by atoms with van der Waals surface area (Å²) in [6, 6.07) is 4.00. The molecule has 0 amide bonds. The third-order valence-electron chi connectivity index (χ3n) is 4.58. The van der Waals surface area contributed by atoms with Gasteiger partial charge in [-0.15, -0.1) is 0 Å². The Morgan fingerprint density at radius 2 is 2.10 bits per heavy atom. The molecule has 0 radical (unpaired) electrons. The van der Waals surface area contributed by atoms with Gasteiger partial charge in [-0.25, -0.2) is 4.39 Å². The van der Waals surface area contributed by atoms with Crippen molar-refractivity contribution in [2.75, 3.05) is 6.61 Å². The van der Waals surface area contributed by atoms with E-state index >= 15 is 0 Å². The second-order valence-electron chi connectivity index (χ2n) is 5.92. The van der Waals surface area contributed by atoms with Crippen molar-refractivity contribution >= 4 is 17.4 Å². The van der Waals surface area contributed by atoms with E-state index < -0.39 is 5.82 Å². The van der Waals surface area contributed by atoms with Crippen LogP contribution in [0, 0.1) is 11.7 Å². The summed E-state index contributed by atoms with van der Waals surface area (Å²) in [5.41, 5.74) is 0.346. The lowest BCUT2D eigenvalue weighted by Crippen LogP contribution is -2.39. The summed E-state index contributed by atoms with van der Waals surface area (Å²) in [5.74, 6) is -0.430. The van der Waals surface area contributed by atoms with Crippen LogP contribution in [-0.4, -0.2) is 18.0 Å². The van der Waals surface area contributed by atoms with Crippen molar-refractivity contribution in [3.63, 3.8) is 0 Å². The Balaban J connectivity index is 1.79. The van der Waals surface area contributed by atoms with Crippen LogP contribution in [-0.2, 0) is 4.74 Å². The Labute approximate surface area is 123 Å². The van der Waals surface area contributed by atoms with E-state index in [2.05, 4.69) is 0 Å². The van der Waals surface area contributed by atoms with Gasteiger partial charge in [0.1, 0.15) is 5.82 Å². The van der Waals surface area contributed by atoms with Crippen molar-refractivity contribution in [2.45, 2.75) is 44.1 Å². The largest absolute Gasteiger partial charge is 0.375 e. The second kappa shape index (κ2) is 5.45. The van der Waals surface area contributed by atoms with Crippen LogP contribution in [0.3, 0.4) is 0 Å². The molecule has 2 aliphatic rings. The van der Waals surface area contributed by atoms with Crippen LogP contribution < -0.4 is 0 Å².